The lowest BCUT2D eigenvalue weighted by Gasteiger charge is -2.06. The van der Waals surface area contributed by atoms with Gasteiger partial charge in [-0.3, -0.25) is 0 Å². The van der Waals surface area contributed by atoms with E-state index in [1.165, 1.54) is 19.2 Å². The van der Waals surface area contributed by atoms with Crippen LogP contribution in [0.1, 0.15) is 0 Å². The molecule has 3 aromatic rings. The molecule has 0 spiro atoms. The maximum Gasteiger partial charge on any atom is 0.355 e. The summed E-state index contributed by atoms with van der Waals surface area (Å²) >= 11 is 5.62. The van der Waals surface area contributed by atoms with E-state index in [-0.39, 0.29) is 15.5 Å². The first-order valence-corrected chi connectivity index (χ1v) is 8.51. The van der Waals surface area contributed by atoms with Gasteiger partial charge in [0, 0.05) is 11.5 Å². The predicted octanol–water partition coefficient (Wildman–Crippen LogP) is 3.43. The number of ether oxygens (including phenoxy) is 1. The molecule has 0 unspecified atom stereocenters. The predicted molar refractivity (Wildman–Crippen MR) is 85.9 cm³/mol. The SMILES string of the molecule is COc1ccc2cc(S(=O)(=O)c3ccc(F)c(Cl)c3)c(=O)oc2c1. The van der Waals surface area contributed by atoms with Gasteiger partial charge >= 0.3 is 5.63 Å². The Bertz CT molecular complexity index is 1110. The van der Waals surface area contributed by atoms with Gasteiger partial charge in [-0.05, 0) is 36.4 Å². The Morgan fingerprint density at radius 1 is 1.12 bits per heavy atom. The zero-order valence-corrected chi connectivity index (χ0v) is 13.8. The number of rotatable bonds is 3. The molecule has 8 heteroatoms. The molecule has 0 aliphatic heterocycles. The van der Waals surface area contributed by atoms with Gasteiger partial charge in [0.15, 0.2) is 4.90 Å². The molecule has 0 N–H and O–H groups in total. The highest BCUT2D eigenvalue weighted by Gasteiger charge is 2.24. The van der Waals surface area contributed by atoms with Crippen LogP contribution in [-0.4, -0.2) is 15.5 Å². The average molecular weight is 369 g/mol. The molecule has 5 nitrogen and oxygen atoms in total. The van der Waals surface area contributed by atoms with E-state index in [4.69, 9.17) is 20.8 Å². The molecule has 0 radical (unpaired) electrons. The van der Waals surface area contributed by atoms with Crippen LogP contribution in [0.15, 0.2) is 61.5 Å². The number of hydrogen-bond donors (Lipinski definition) is 0. The standard InChI is InChI=1S/C16H10ClFO5S/c1-22-10-3-2-9-6-15(16(19)23-14(9)7-10)24(20,21)11-4-5-13(18)12(17)8-11/h2-8H,1H3. The van der Waals surface area contributed by atoms with Crippen molar-refractivity contribution in [1.82, 2.24) is 0 Å². The van der Waals surface area contributed by atoms with Crippen LogP contribution in [0.2, 0.25) is 5.02 Å². The Kier molecular flexibility index (Phi) is 4.06. The van der Waals surface area contributed by atoms with Crippen LogP contribution >= 0.6 is 11.6 Å². The monoisotopic (exact) mass is 368 g/mol. The summed E-state index contributed by atoms with van der Waals surface area (Å²) in [5, 5.41) is 0.0492. The maximum atomic E-state index is 13.2. The summed E-state index contributed by atoms with van der Waals surface area (Å²) in [6.07, 6.45) is 0. The van der Waals surface area contributed by atoms with Crippen molar-refractivity contribution in [3.63, 3.8) is 0 Å². The minimum absolute atomic E-state index is 0.190. The van der Waals surface area contributed by atoms with E-state index in [2.05, 4.69) is 0 Å². The van der Waals surface area contributed by atoms with Crippen LogP contribution in [0.4, 0.5) is 4.39 Å². The summed E-state index contributed by atoms with van der Waals surface area (Å²) in [6, 6.07) is 8.75. The third-order valence-corrected chi connectivity index (χ3v) is 5.43. The lowest BCUT2D eigenvalue weighted by Crippen LogP contribution is -2.14. The molecule has 0 atom stereocenters. The Hall–Kier alpha value is -2.38. The van der Waals surface area contributed by atoms with Crippen molar-refractivity contribution in [1.29, 1.82) is 0 Å². The third kappa shape index (κ3) is 2.76. The number of hydrogen-bond acceptors (Lipinski definition) is 5. The second kappa shape index (κ2) is 5.92. The number of halogens is 2. The number of methoxy groups -OCH3 is 1. The largest absolute Gasteiger partial charge is 0.497 e. The van der Waals surface area contributed by atoms with E-state index in [1.54, 1.807) is 12.1 Å². The minimum atomic E-state index is -4.20. The van der Waals surface area contributed by atoms with Gasteiger partial charge in [-0.15, -0.1) is 0 Å². The highest BCUT2D eigenvalue weighted by atomic mass is 35.5. The van der Waals surface area contributed by atoms with Crippen LogP contribution in [0.25, 0.3) is 11.0 Å². The van der Waals surface area contributed by atoms with Crippen molar-refractivity contribution in [2.75, 3.05) is 7.11 Å². The Balaban J connectivity index is 2.22. The molecular formula is C16H10ClFO5S. The van der Waals surface area contributed by atoms with E-state index in [0.29, 0.717) is 11.1 Å². The van der Waals surface area contributed by atoms with Crippen molar-refractivity contribution in [3.8, 4) is 5.75 Å². The average Bonchev–Trinajstić information content (AvgIpc) is 2.55. The van der Waals surface area contributed by atoms with E-state index in [1.807, 2.05) is 0 Å². The lowest BCUT2D eigenvalue weighted by atomic mass is 10.2. The summed E-state index contributed by atoms with van der Waals surface area (Å²) in [6.45, 7) is 0. The minimum Gasteiger partial charge on any atom is -0.497 e. The van der Waals surface area contributed by atoms with Crippen LogP contribution in [0.5, 0.6) is 5.75 Å². The van der Waals surface area contributed by atoms with Gasteiger partial charge in [-0.25, -0.2) is 17.6 Å². The molecule has 2 aromatic carbocycles. The van der Waals surface area contributed by atoms with Crippen molar-refractivity contribution in [2.45, 2.75) is 9.79 Å². The van der Waals surface area contributed by atoms with E-state index >= 15 is 0 Å². The van der Waals surface area contributed by atoms with Gasteiger partial charge in [0.1, 0.15) is 17.1 Å². The second-order valence-electron chi connectivity index (χ2n) is 4.88. The molecule has 1 heterocycles. The fourth-order valence-electron chi connectivity index (χ4n) is 2.16. The van der Waals surface area contributed by atoms with Crippen molar-refractivity contribution in [2.24, 2.45) is 0 Å². The highest BCUT2D eigenvalue weighted by Crippen LogP contribution is 2.26. The normalized spacial score (nSPS) is 11.6. The fraction of sp³-hybridized carbons (Fsp3) is 0.0625. The third-order valence-electron chi connectivity index (χ3n) is 3.40. The Morgan fingerprint density at radius 3 is 2.54 bits per heavy atom. The molecule has 0 fully saturated rings. The first-order valence-electron chi connectivity index (χ1n) is 6.65. The second-order valence-corrected chi connectivity index (χ2v) is 7.21. The zero-order chi connectivity index (χ0) is 17.5. The van der Waals surface area contributed by atoms with E-state index < -0.39 is 26.2 Å². The molecule has 0 amide bonds. The topological polar surface area (TPSA) is 73.6 Å². The molecular weight excluding hydrogens is 359 g/mol. The summed E-state index contributed by atoms with van der Waals surface area (Å²) < 4.78 is 48.6. The van der Waals surface area contributed by atoms with Crippen LogP contribution in [-0.2, 0) is 9.84 Å². The van der Waals surface area contributed by atoms with Gasteiger partial charge in [0.05, 0.1) is 17.0 Å². The molecule has 0 saturated carbocycles. The van der Waals surface area contributed by atoms with Crippen LogP contribution in [0, 0.1) is 5.82 Å². The van der Waals surface area contributed by atoms with E-state index in [9.17, 15) is 17.6 Å². The molecule has 3 rings (SSSR count). The first-order chi connectivity index (χ1) is 11.3. The van der Waals surface area contributed by atoms with Gasteiger partial charge in [-0.2, -0.15) is 0 Å². The smallest absolute Gasteiger partial charge is 0.355 e. The van der Waals surface area contributed by atoms with Crippen molar-refractivity contribution >= 4 is 32.4 Å². The summed E-state index contributed by atoms with van der Waals surface area (Å²) in [5.41, 5.74) is -0.841. The zero-order valence-electron chi connectivity index (χ0n) is 12.2. The quantitative estimate of drug-likeness (QED) is 0.523. The molecule has 0 aliphatic rings. The molecule has 0 aliphatic carbocycles. The summed E-state index contributed by atoms with van der Waals surface area (Å²) in [4.78, 5) is 11.3. The highest BCUT2D eigenvalue weighted by molar-refractivity contribution is 7.91. The molecule has 0 bridgehead atoms. The van der Waals surface area contributed by atoms with Gasteiger partial charge in [0.2, 0.25) is 9.84 Å². The maximum absolute atomic E-state index is 13.2. The fourth-order valence-corrected chi connectivity index (χ4v) is 3.72. The van der Waals surface area contributed by atoms with Crippen LogP contribution < -0.4 is 10.4 Å². The van der Waals surface area contributed by atoms with Gasteiger partial charge < -0.3 is 9.15 Å². The Labute approximate surface area is 141 Å². The number of fused-ring (bicyclic) bond motifs is 1. The summed E-state index contributed by atoms with van der Waals surface area (Å²) in [7, 11) is -2.75. The Morgan fingerprint density at radius 2 is 1.88 bits per heavy atom. The number of benzene rings is 2. The molecule has 124 valence electrons. The number of sulfone groups is 1. The van der Waals surface area contributed by atoms with Crippen molar-refractivity contribution in [3.05, 3.63) is 63.7 Å². The van der Waals surface area contributed by atoms with Crippen LogP contribution in [0.3, 0.4) is 0 Å². The molecule has 24 heavy (non-hydrogen) atoms. The lowest BCUT2D eigenvalue weighted by molar-refractivity contribution is 0.414. The van der Waals surface area contributed by atoms with Gasteiger partial charge in [0.25, 0.3) is 0 Å². The van der Waals surface area contributed by atoms with Crippen molar-refractivity contribution < 1.29 is 22.0 Å². The molecule has 0 saturated heterocycles. The molecule has 1 aromatic heterocycles. The van der Waals surface area contributed by atoms with Gasteiger partial charge in [-0.1, -0.05) is 11.6 Å². The van der Waals surface area contributed by atoms with E-state index in [0.717, 1.165) is 18.2 Å². The summed E-state index contributed by atoms with van der Waals surface area (Å²) in [5.74, 6) is -0.292. The first kappa shape index (κ1) is 16.5.